The number of ether oxygens (including phenoxy) is 1. The molecule has 1 aliphatic rings. The highest BCUT2D eigenvalue weighted by molar-refractivity contribution is 5.51. The van der Waals surface area contributed by atoms with Gasteiger partial charge in [0.2, 0.25) is 0 Å². The van der Waals surface area contributed by atoms with Gasteiger partial charge in [-0.3, -0.25) is 0 Å². The van der Waals surface area contributed by atoms with Crippen molar-refractivity contribution in [2.75, 3.05) is 0 Å². The summed E-state index contributed by atoms with van der Waals surface area (Å²) in [5, 5.41) is 10.1. The van der Waals surface area contributed by atoms with Gasteiger partial charge in [0, 0.05) is 11.1 Å². The van der Waals surface area contributed by atoms with Crippen LogP contribution in [0, 0.1) is 0 Å². The molecule has 0 unspecified atom stereocenters. The number of aliphatic hydroxyl groups is 1. The van der Waals surface area contributed by atoms with Gasteiger partial charge >= 0.3 is 0 Å². The van der Waals surface area contributed by atoms with Crippen LogP contribution >= 0.6 is 0 Å². The lowest BCUT2D eigenvalue weighted by Gasteiger charge is -2.24. The van der Waals surface area contributed by atoms with Crippen molar-refractivity contribution < 1.29 is 9.84 Å². The summed E-state index contributed by atoms with van der Waals surface area (Å²) < 4.78 is 5.69. The van der Waals surface area contributed by atoms with Crippen molar-refractivity contribution in [3.63, 3.8) is 0 Å². The van der Waals surface area contributed by atoms with Crippen molar-refractivity contribution in [2.45, 2.75) is 6.10 Å². The van der Waals surface area contributed by atoms with Gasteiger partial charge < -0.3 is 9.84 Å². The fraction of sp³-hybridized carbons (Fsp3) is 0.0769. The van der Waals surface area contributed by atoms with E-state index in [1.54, 1.807) is 0 Å². The predicted molar refractivity (Wildman–Crippen MR) is 57.0 cm³/mol. The third-order valence-electron chi connectivity index (χ3n) is 2.65. The maximum atomic E-state index is 10.1. The van der Waals surface area contributed by atoms with Crippen LogP contribution in [0.2, 0.25) is 0 Å². The van der Waals surface area contributed by atoms with Crippen LogP contribution in [0.3, 0.4) is 0 Å². The third-order valence-corrected chi connectivity index (χ3v) is 2.65. The van der Waals surface area contributed by atoms with Gasteiger partial charge in [0.05, 0.1) is 0 Å². The predicted octanol–water partition coefficient (Wildman–Crippen LogP) is 2.87. The van der Waals surface area contributed by atoms with E-state index >= 15 is 0 Å². The van der Waals surface area contributed by atoms with E-state index in [-0.39, 0.29) is 0 Å². The molecule has 0 aromatic heterocycles. The summed E-state index contributed by atoms with van der Waals surface area (Å²) in [6.07, 6.45) is -0.578. The van der Waals surface area contributed by atoms with Crippen molar-refractivity contribution in [1.82, 2.24) is 0 Å². The van der Waals surface area contributed by atoms with Crippen LogP contribution < -0.4 is 4.74 Å². The van der Waals surface area contributed by atoms with Crippen molar-refractivity contribution >= 4 is 0 Å². The molecule has 2 aromatic carbocycles. The smallest absolute Gasteiger partial charge is 0.133 e. The molecule has 0 radical (unpaired) electrons. The van der Waals surface area contributed by atoms with Gasteiger partial charge in [-0.25, -0.2) is 0 Å². The van der Waals surface area contributed by atoms with Crippen molar-refractivity contribution in [3.05, 3.63) is 59.7 Å². The molecule has 0 aliphatic carbocycles. The van der Waals surface area contributed by atoms with E-state index in [2.05, 4.69) is 0 Å². The largest absolute Gasteiger partial charge is 0.457 e. The first-order valence-electron chi connectivity index (χ1n) is 4.90. The van der Waals surface area contributed by atoms with Crippen molar-refractivity contribution in [1.29, 1.82) is 0 Å². The van der Waals surface area contributed by atoms with Crippen LogP contribution in [-0.4, -0.2) is 5.11 Å². The monoisotopic (exact) mass is 198 g/mol. The van der Waals surface area contributed by atoms with Gasteiger partial charge in [-0.15, -0.1) is 0 Å². The van der Waals surface area contributed by atoms with E-state index in [1.165, 1.54) is 0 Å². The maximum Gasteiger partial charge on any atom is 0.133 e. The minimum absolute atomic E-state index is 0.578. The maximum absolute atomic E-state index is 10.1. The topological polar surface area (TPSA) is 29.5 Å². The normalized spacial score (nSPS) is 13.9. The summed E-state index contributed by atoms with van der Waals surface area (Å²) in [5.74, 6) is 1.48. The van der Waals surface area contributed by atoms with E-state index in [0.717, 1.165) is 22.6 Å². The average Bonchev–Trinajstić information content (AvgIpc) is 2.30. The number of benzene rings is 2. The molecular formula is C13H10O2. The first kappa shape index (κ1) is 8.50. The molecule has 15 heavy (non-hydrogen) atoms. The Labute approximate surface area is 87.8 Å². The first-order chi connectivity index (χ1) is 7.36. The molecule has 3 rings (SSSR count). The minimum atomic E-state index is -0.578. The van der Waals surface area contributed by atoms with E-state index in [9.17, 15) is 5.11 Å². The number of fused-ring (bicyclic) bond motifs is 2. The summed E-state index contributed by atoms with van der Waals surface area (Å²) in [7, 11) is 0. The van der Waals surface area contributed by atoms with Crippen LogP contribution in [0.25, 0.3) is 0 Å². The fourth-order valence-electron chi connectivity index (χ4n) is 1.88. The second kappa shape index (κ2) is 3.11. The molecule has 2 heteroatoms. The molecular weight excluding hydrogens is 188 g/mol. The highest BCUT2D eigenvalue weighted by Crippen LogP contribution is 2.42. The fourth-order valence-corrected chi connectivity index (χ4v) is 1.88. The Morgan fingerprint density at radius 2 is 1.27 bits per heavy atom. The van der Waals surface area contributed by atoms with Crippen molar-refractivity contribution in [2.24, 2.45) is 0 Å². The summed E-state index contributed by atoms with van der Waals surface area (Å²) in [6, 6.07) is 15.1. The molecule has 0 fully saturated rings. The minimum Gasteiger partial charge on any atom is -0.457 e. The van der Waals surface area contributed by atoms with Gasteiger partial charge in [0.15, 0.2) is 0 Å². The quantitative estimate of drug-likeness (QED) is 0.705. The Bertz CT molecular complexity index is 460. The number of hydrogen-bond acceptors (Lipinski definition) is 2. The van der Waals surface area contributed by atoms with E-state index in [1.807, 2.05) is 48.5 Å². The second-order valence-electron chi connectivity index (χ2n) is 3.58. The third kappa shape index (κ3) is 1.22. The highest BCUT2D eigenvalue weighted by atomic mass is 16.5. The Hall–Kier alpha value is -1.80. The van der Waals surface area contributed by atoms with E-state index in [0.29, 0.717) is 0 Å². The Morgan fingerprint density at radius 3 is 1.80 bits per heavy atom. The Kier molecular flexibility index (Phi) is 1.76. The lowest BCUT2D eigenvalue weighted by molar-refractivity contribution is 0.203. The van der Waals surface area contributed by atoms with Crippen LogP contribution in [0.4, 0.5) is 0 Å². The molecule has 0 atom stereocenters. The molecule has 0 bridgehead atoms. The number of para-hydroxylation sites is 2. The summed E-state index contributed by atoms with van der Waals surface area (Å²) in [6.45, 7) is 0. The molecule has 1 aliphatic heterocycles. The number of rotatable bonds is 0. The Balaban J connectivity index is 2.20. The molecule has 0 amide bonds. The molecule has 1 heterocycles. The molecule has 2 aromatic rings. The molecule has 0 saturated heterocycles. The molecule has 0 saturated carbocycles. The van der Waals surface area contributed by atoms with E-state index < -0.39 is 6.10 Å². The number of hydrogen-bond donors (Lipinski definition) is 1. The summed E-state index contributed by atoms with van der Waals surface area (Å²) in [5.41, 5.74) is 1.66. The van der Waals surface area contributed by atoms with Crippen LogP contribution in [-0.2, 0) is 0 Å². The van der Waals surface area contributed by atoms with Crippen LogP contribution in [0.1, 0.15) is 17.2 Å². The SMILES string of the molecule is OC1c2ccccc2Oc2ccccc21. The van der Waals surface area contributed by atoms with Crippen LogP contribution in [0.5, 0.6) is 11.5 Å². The average molecular weight is 198 g/mol. The Morgan fingerprint density at radius 1 is 0.800 bits per heavy atom. The lowest BCUT2D eigenvalue weighted by atomic mass is 9.97. The van der Waals surface area contributed by atoms with E-state index in [4.69, 9.17) is 4.74 Å². The zero-order valence-electron chi connectivity index (χ0n) is 8.05. The molecule has 1 N–H and O–H groups in total. The zero-order valence-corrected chi connectivity index (χ0v) is 8.05. The molecule has 74 valence electrons. The number of aliphatic hydroxyl groups excluding tert-OH is 1. The highest BCUT2D eigenvalue weighted by Gasteiger charge is 2.24. The van der Waals surface area contributed by atoms with Gasteiger partial charge in [0.25, 0.3) is 0 Å². The lowest BCUT2D eigenvalue weighted by Crippen LogP contribution is -2.08. The van der Waals surface area contributed by atoms with Crippen LogP contribution in [0.15, 0.2) is 48.5 Å². The summed E-state index contributed by atoms with van der Waals surface area (Å²) >= 11 is 0. The molecule has 0 spiro atoms. The standard InChI is InChI=1S/C13H10O2/c14-13-9-5-1-3-7-11(9)15-12-8-4-2-6-10(12)13/h1-8,13-14H. The van der Waals surface area contributed by atoms with Gasteiger partial charge in [-0.1, -0.05) is 36.4 Å². The van der Waals surface area contributed by atoms with Gasteiger partial charge in [-0.05, 0) is 12.1 Å². The van der Waals surface area contributed by atoms with Crippen molar-refractivity contribution in [3.8, 4) is 11.5 Å². The zero-order chi connectivity index (χ0) is 10.3. The second-order valence-corrected chi connectivity index (χ2v) is 3.58. The summed E-state index contributed by atoms with van der Waals surface area (Å²) in [4.78, 5) is 0. The first-order valence-corrected chi connectivity index (χ1v) is 4.90. The van der Waals surface area contributed by atoms with Gasteiger partial charge in [0.1, 0.15) is 17.6 Å². The van der Waals surface area contributed by atoms with Gasteiger partial charge in [-0.2, -0.15) is 0 Å². The molecule has 2 nitrogen and oxygen atoms in total.